The summed E-state index contributed by atoms with van der Waals surface area (Å²) in [5, 5.41) is 0. The monoisotopic (exact) mass is 360 g/mol. The average molecular weight is 360 g/mol. The van der Waals surface area contributed by atoms with Gasteiger partial charge in [0.1, 0.15) is 11.2 Å². The Morgan fingerprint density at radius 1 is 1.28 bits per heavy atom. The Labute approximate surface area is 146 Å². The van der Waals surface area contributed by atoms with Crippen molar-refractivity contribution in [3.8, 4) is 5.69 Å². The molecule has 2 aromatic rings. The van der Waals surface area contributed by atoms with Crippen molar-refractivity contribution < 1.29 is 13.2 Å². The minimum atomic E-state index is -3.61. The normalized spacial score (nSPS) is 22.3. The van der Waals surface area contributed by atoms with Crippen molar-refractivity contribution in [2.45, 2.75) is 37.2 Å². The highest BCUT2D eigenvalue weighted by Crippen LogP contribution is 2.31. The summed E-state index contributed by atoms with van der Waals surface area (Å²) < 4.78 is 28.6. The number of benzene rings is 1. The topological polar surface area (TPSA) is 75.5 Å². The summed E-state index contributed by atoms with van der Waals surface area (Å²) in [4.78, 5) is 19.4. The second kappa shape index (κ2) is 5.67. The van der Waals surface area contributed by atoms with Crippen molar-refractivity contribution in [2.24, 2.45) is 0 Å². The van der Waals surface area contributed by atoms with Crippen LogP contribution in [0.15, 0.2) is 35.5 Å². The molecule has 25 heavy (non-hydrogen) atoms. The molecule has 3 heterocycles. The van der Waals surface area contributed by atoms with E-state index in [0.29, 0.717) is 17.1 Å². The fraction of sp³-hybridized carbons (Fsp3) is 0.412. The zero-order valence-electron chi connectivity index (χ0n) is 14.2. The molecule has 132 valence electrons. The molecule has 1 atom stereocenters. The molecular formula is C17H20N4O3S. The smallest absolute Gasteiger partial charge is 0.274 e. The SMILES string of the molecule is C[C@H]1CCCN1C(=O)c1ncn2c1CN(C)S(=O)(=O)c1ccccc1-2. The molecule has 1 aromatic heterocycles. The van der Waals surface area contributed by atoms with Crippen molar-refractivity contribution in [1.29, 1.82) is 0 Å². The van der Waals surface area contributed by atoms with Gasteiger partial charge in [0, 0.05) is 19.6 Å². The number of aromatic nitrogens is 2. The molecule has 0 N–H and O–H groups in total. The number of imidazole rings is 1. The number of hydrogen-bond donors (Lipinski definition) is 0. The van der Waals surface area contributed by atoms with E-state index < -0.39 is 10.0 Å². The van der Waals surface area contributed by atoms with Gasteiger partial charge in [0.25, 0.3) is 5.91 Å². The van der Waals surface area contributed by atoms with Crippen LogP contribution < -0.4 is 0 Å². The molecule has 1 aromatic carbocycles. The first kappa shape index (κ1) is 16.3. The number of sulfonamides is 1. The fourth-order valence-electron chi connectivity index (χ4n) is 3.62. The van der Waals surface area contributed by atoms with Gasteiger partial charge >= 0.3 is 0 Å². The number of likely N-dealkylation sites (tertiary alicyclic amines) is 1. The lowest BCUT2D eigenvalue weighted by Gasteiger charge is -2.21. The number of fused-ring (bicyclic) bond motifs is 3. The maximum absolute atomic E-state index is 13.0. The van der Waals surface area contributed by atoms with Gasteiger partial charge in [0.15, 0.2) is 5.69 Å². The third-order valence-electron chi connectivity index (χ3n) is 5.07. The van der Waals surface area contributed by atoms with E-state index in [2.05, 4.69) is 4.98 Å². The number of rotatable bonds is 1. The molecule has 1 saturated heterocycles. The first-order chi connectivity index (χ1) is 11.9. The van der Waals surface area contributed by atoms with Gasteiger partial charge in [-0.3, -0.25) is 9.36 Å². The Balaban J connectivity index is 1.87. The van der Waals surface area contributed by atoms with Crippen molar-refractivity contribution in [3.05, 3.63) is 42.0 Å². The zero-order chi connectivity index (χ0) is 17.8. The van der Waals surface area contributed by atoms with E-state index >= 15 is 0 Å². The van der Waals surface area contributed by atoms with Crippen LogP contribution in [0, 0.1) is 0 Å². The molecular weight excluding hydrogens is 340 g/mol. The van der Waals surface area contributed by atoms with Crippen molar-refractivity contribution >= 4 is 15.9 Å². The molecule has 0 radical (unpaired) electrons. The van der Waals surface area contributed by atoms with Gasteiger partial charge in [-0.2, -0.15) is 4.31 Å². The molecule has 1 amide bonds. The Bertz CT molecular complexity index is 951. The first-order valence-corrected chi connectivity index (χ1v) is 9.78. The van der Waals surface area contributed by atoms with E-state index in [4.69, 9.17) is 0 Å². The second-order valence-corrected chi connectivity index (χ2v) is 8.64. The molecule has 2 aliphatic rings. The van der Waals surface area contributed by atoms with Gasteiger partial charge in [-0.25, -0.2) is 13.4 Å². The Kier molecular flexibility index (Phi) is 3.69. The highest BCUT2D eigenvalue weighted by molar-refractivity contribution is 7.89. The lowest BCUT2D eigenvalue weighted by Crippen LogP contribution is -2.35. The average Bonchev–Trinajstić information content (AvgIpc) is 3.18. The molecule has 2 aliphatic heterocycles. The number of para-hydroxylation sites is 1. The van der Waals surface area contributed by atoms with Crippen LogP contribution in [0.4, 0.5) is 0 Å². The first-order valence-electron chi connectivity index (χ1n) is 8.34. The molecule has 0 aliphatic carbocycles. The van der Waals surface area contributed by atoms with Gasteiger partial charge in [-0.1, -0.05) is 12.1 Å². The van der Waals surface area contributed by atoms with E-state index in [1.54, 1.807) is 35.2 Å². The third-order valence-corrected chi connectivity index (χ3v) is 6.92. The fourth-order valence-corrected chi connectivity index (χ4v) is 4.93. The largest absolute Gasteiger partial charge is 0.335 e. The van der Waals surface area contributed by atoms with Crippen LogP contribution in [0.2, 0.25) is 0 Å². The number of nitrogens with zero attached hydrogens (tertiary/aromatic N) is 4. The maximum Gasteiger partial charge on any atom is 0.274 e. The lowest BCUT2D eigenvalue weighted by atomic mass is 10.2. The number of carbonyl (C=O) groups excluding carboxylic acids is 1. The second-order valence-electron chi connectivity index (χ2n) is 6.63. The zero-order valence-corrected chi connectivity index (χ0v) is 15.0. The van der Waals surface area contributed by atoms with Gasteiger partial charge in [-0.15, -0.1) is 0 Å². The summed E-state index contributed by atoms with van der Waals surface area (Å²) >= 11 is 0. The van der Waals surface area contributed by atoms with Gasteiger partial charge in [0.05, 0.1) is 17.9 Å². The van der Waals surface area contributed by atoms with E-state index in [1.165, 1.54) is 11.4 Å². The molecule has 0 unspecified atom stereocenters. The van der Waals surface area contributed by atoms with Crippen LogP contribution in [0.5, 0.6) is 0 Å². The maximum atomic E-state index is 13.0. The summed E-state index contributed by atoms with van der Waals surface area (Å²) in [7, 11) is -2.08. The summed E-state index contributed by atoms with van der Waals surface area (Å²) in [6.07, 6.45) is 3.52. The molecule has 0 spiro atoms. The van der Waals surface area contributed by atoms with Crippen LogP contribution in [0.25, 0.3) is 5.69 Å². The summed E-state index contributed by atoms with van der Waals surface area (Å²) in [6.45, 7) is 2.86. The number of carbonyl (C=O) groups is 1. The lowest BCUT2D eigenvalue weighted by molar-refractivity contribution is 0.0740. The Morgan fingerprint density at radius 2 is 2.04 bits per heavy atom. The van der Waals surface area contributed by atoms with Gasteiger partial charge in [0.2, 0.25) is 10.0 Å². The quantitative estimate of drug-likeness (QED) is 0.775. The number of amides is 1. The summed E-state index contributed by atoms with van der Waals surface area (Å²) in [6, 6.07) is 6.99. The predicted molar refractivity (Wildman–Crippen MR) is 91.9 cm³/mol. The minimum Gasteiger partial charge on any atom is -0.335 e. The van der Waals surface area contributed by atoms with E-state index in [0.717, 1.165) is 19.4 Å². The highest BCUT2D eigenvalue weighted by atomic mass is 32.2. The minimum absolute atomic E-state index is 0.111. The molecule has 8 heteroatoms. The number of hydrogen-bond acceptors (Lipinski definition) is 4. The Morgan fingerprint density at radius 3 is 2.76 bits per heavy atom. The molecule has 0 saturated carbocycles. The van der Waals surface area contributed by atoms with Gasteiger partial charge in [-0.05, 0) is 31.9 Å². The summed E-state index contributed by atoms with van der Waals surface area (Å²) in [5.41, 5.74) is 1.48. The highest BCUT2D eigenvalue weighted by Gasteiger charge is 2.35. The van der Waals surface area contributed by atoms with Crippen LogP contribution in [0.3, 0.4) is 0 Å². The van der Waals surface area contributed by atoms with Crippen molar-refractivity contribution in [3.63, 3.8) is 0 Å². The molecule has 0 bridgehead atoms. The summed E-state index contributed by atoms with van der Waals surface area (Å²) in [5.74, 6) is -0.121. The van der Waals surface area contributed by atoms with Crippen LogP contribution in [0.1, 0.15) is 35.9 Å². The van der Waals surface area contributed by atoms with Crippen LogP contribution in [-0.2, 0) is 16.6 Å². The van der Waals surface area contributed by atoms with E-state index in [-0.39, 0.29) is 23.4 Å². The Hall–Kier alpha value is -2.19. The standard InChI is InChI=1S/C17H20N4O3S/c1-12-6-5-9-20(12)17(22)16-14-10-19(2)25(23,24)15-8-4-3-7-13(15)21(14)11-18-16/h3-4,7-8,11-12H,5-6,9-10H2,1-2H3/t12-/m0/s1. The third kappa shape index (κ3) is 2.39. The van der Waals surface area contributed by atoms with Crippen molar-refractivity contribution in [2.75, 3.05) is 13.6 Å². The van der Waals surface area contributed by atoms with Crippen molar-refractivity contribution in [1.82, 2.24) is 18.8 Å². The van der Waals surface area contributed by atoms with Crippen LogP contribution in [-0.4, -0.2) is 52.7 Å². The van der Waals surface area contributed by atoms with Gasteiger partial charge < -0.3 is 4.90 Å². The predicted octanol–water partition coefficient (Wildman–Crippen LogP) is 1.63. The molecule has 4 rings (SSSR count). The molecule has 1 fully saturated rings. The molecule has 7 nitrogen and oxygen atoms in total. The van der Waals surface area contributed by atoms with E-state index in [9.17, 15) is 13.2 Å². The van der Waals surface area contributed by atoms with E-state index in [1.807, 2.05) is 11.8 Å². The van der Waals surface area contributed by atoms with Crippen LogP contribution >= 0.6 is 0 Å².